The Kier molecular flexibility index (Phi) is 5.05. The zero-order valence-corrected chi connectivity index (χ0v) is 14.7. The number of nitrogens with zero attached hydrogens (tertiary/aromatic N) is 3. The highest BCUT2D eigenvalue weighted by atomic mass is 16.5. The van der Waals surface area contributed by atoms with Crippen LogP contribution < -0.4 is 0 Å². The molecule has 1 aliphatic carbocycles. The summed E-state index contributed by atoms with van der Waals surface area (Å²) in [5.74, 6) is 0.140. The summed E-state index contributed by atoms with van der Waals surface area (Å²) in [5.41, 5.74) is 3.44. The van der Waals surface area contributed by atoms with Gasteiger partial charge >= 0.3 is 0 Å². The molecule has 3 rings (SSSR count). The first kappa shape index (κ1) is 16.5. The number of aromatic nitrogens is 2. The molecule has 1 atom stereocenters. The average Bonchev–Trinajstić information content (AvgIpc) is 3.11. The normalized spacial score (nSPS) is 22.7. The molecule has 5 nitrogen and oxygen atoms in total. The van der Waals surface area contributed by atoms with Crippen molar-refractivity contribution in [3.8, 4) is 0 Å². The molecule has 1 amide bonds. The molecule has 0 aromatic carbocycles. The van der Waals surface area contributed by atoms with Gasteiger partial charge in [-0.1, -0.05) is 19.3 Å². The molecule has 1 saturated heterocycles. The van der Waals surface area contributed by atoms with E-state index in [0.29, 0.717) is 0 Å². The molecule has 1 aromatic heterocycles. The maximum absolute atomic E-state index is 12.7. The molecule has 5 heteroatoms. The Morgan fingerprint density at radius 2 is 1.91 bits per heavy atom. The van der Waals surface area contributed by atoms with Crippen molar-refractivity contribution in [2.45, 2.75) is 70.9 Å². The van der Waals surface area contributed by atoms with E-state index in [-0.39, 0.29) is 24.7 Å². The van der Waals surface area contributed by atoms with Crippen molar-refractivity contribution < 1.29 is 9.53 Å². The fourth-order valence-corrected chi connectivity index (χ4v) is 4.14. The number of ether oxygens (including phenoxy) is 1. The van der Waals surface area contributed by atoms with Crippen LogP contribution in [0.5, 0.6) is 0 Å². The minimum absolute atomic E-state index is 0.140. The van der Waals surface area contributed by atoms with Crippen LogP contribution in [-0.4, -0.2) is 39.8 Å². The third-order valence-electron chi connectivity index (χ3n) is 5.47. The summed E-state index contributed by atoms with van der Waals surface area (Å²) >= 11 is 0. The Morgan fingerprint density at radius 1 is 1.17 bits per heavy atom. The van der Waals surface area contributed by atoms with Crippen molar-refractivity contribution in [3.63, 3.8) is 0 Å². The molecule has 1 aliphatic heterocycles. The van der Waals surface area contributed by atoms with Crippen molar-refractivity contribution in [1.29, 1.82) is 0 Å². The van der Waals surface area contributed by atoms with Gasteiger partial charge in [-0.15, -0.1) is 0 Å². The molecule has 2 fully saturated rings. The van der Waals surface area contributed by atoms with Crippen molar-refractivity contribution >= 4 is 5.91 Å². The highest BCUT2D eigenvalue weighted by Gasteiger charge is 2.33. The van der Waals surface area contributed by atoms with Crippen molar-refractivity contribution in [3.05, 3.63) is 17.0 Å². The number of hydrogen-bond donors (Lipinski definition) is 0. The maximum Gasteiger partial charge on any atom is 0.249 e. The molecule has 2 aliphatic rings. The van der Waals surface area contributed by atoms with Gasteiger partial charge in [0.25, 0.3) is 0 Å². The smallest absolute Gasteiger partial charge is 0.249 e. The third kappa shape index (κ3) is 3.44. The quantitative estimate of drug-likeness (QED) is 0.857. The van der Waals surface area contributed by atoms with Crippen LogP contribution in [0.25, 0.3) is 0 Å². The maximum atomic E-state index is 12.7. The lowest BCUT2D eigenvalue weighted by Crippen LogP contribution is -2.35. The summed E-state index contributed by atoms with van der Waals surface area (Å²) in [6, 6.07) is 0.172. The van der Waals surface area contributed by atoms with Gasteiger partial charge in [0, 0.05) is 24.8 Å². The van der Waals surface area contributed by atoms with E-state index in [0.717, 1.165) is 37.9 Å². The zero-order valence-electron chi connectivity index (χ0n) is 14.7. The predicted molar refractivity (Wildman–Crippen MR) is 89.2 cm³/mol. The van der Waals surface area contributed by atoms with E-state index in [1.807, 2.05) is 23.6 Å². The van der Waals surface area contributed by atoms with E-state index >= 15 is 0 Å². The molecule has 1 aromatic rings. The number of amides is 1. The number of carbonyl (C=O) groups excluding carboxylic acids is 1. The van der Waals surface area contributed by atoms with E-state index < -0.39 is 0 Å². The van der Waals surface area contributed by atoms with Gasteiger partial charge in [0.2, 0.25) is 5.91 Å². The largest absolute Gasteiger partial charge is 0.368 e. The molecule has 0 spiro atoms. The van der Waals surface area contributed by atoms with Crippen LogP contribution in [-0.2, 0) is 16.6 Å². The average molecular weight is 319 g/mol. The predicted octanol–water partition coefficient (Wildman–Crippen LogP) is 3.05. The van der Waals surface area contributed by atoms with E-state index in [9.17, 15) is 4.79 Å². The minimum Gasteiger partial charge on any atom is -0.368 e. The number of rotatable bonds is 4. The van der Waals surface area contributed by atoms with Gasteiger partial charge in [0.1, 0.15) is 6.61 Å². The van der Waals surface area contributed by atoms with Gasteiger partial charge in [0.15, 0.2) is 0 Å². The Labute approximate surface area is 139 Å². The summed E-state index contributed by atoms with van der Waals surface area (Å²) in [5, 5.41) is 4.52. The second-order valence-corrected chi connectivity index (χ2v) is 7.02. The fourth-order valence-electron chi connectivity index (χ4n) is 4.14. The minimum atomic E-state index is 0.140. The lowest BCUT2D eigenvalue weighted by molar-refractivity contribution is -0.139. The first-order valence-electron chi connectivity index (χ1n) is 8.99. The Balaban J connectivity index is 1.65. The molecule has 0 N–H and O–H groups in total. The zero-order chi connectivity index (χ0) is 16.4. The van der Waals surface area contributed by atoms with Crippen LogP contribution in [0.3, 0.4) is 0 Å². The lowest BCUT2D eigenvalue weighted by Gasteiger charge is -2.27. The van der Waals surface area contributed by atoms with Crippen molar-refractivity contribution in [2.75, 3.05) is 13.2 Å². The molecule has 128 valence electrons. The van der Waals surface area contributed by atoms with Gasteiger partial charge in [-0.25, -0.2) is 0 Å². The van der Waals surface area contributed by atoms with E-state index in [1.165, 1.54) is 30.5 Å². The third-order valence-corrected chi connectivity index (χ3v) is 5.47. The molecule has 1 unspecified atom stereocenters. The van der Waals surface area contributed by atoms with E-state index in [4.69, 9.17) is 4.74 Å². The Hall–Kier alpha value is -1.36. The van der Waals surface area contributed by atoms with E-state index in [2.05, 4.69) is 12.0 Å². The first-order chi connectivity index (χ1) is 11.1. The fraction of sp³-hybridized carbons (Fsp3) is 0.778. The summed E-state index contributed by atoms with van der Waals surface area (Å²) in [6.07, 6.45) is 8.38. The summed E-state index contributed by atoms with van der Waals surface area (Å²) in [4.78, 5) is 14.7. The van der Waals surface area contributed by atoms with E-state index in [1.54, 1.807) is 0 Å². The number of aryl methyl sites for hydroxylation is 2. The molecule has 2 heterocycles. The second kappa shape index (κ2) is 7.04. The monoisotopic (exact) mass is 319 g/mol. The van der Waals surface area contributed by atoms with Gasteiger partial charge in [0.05, 0.1) is 17.8 Å². The van der Waals surface area contributed by atoms with Gasteiger partial charge < -0.3 is 9.64 Å². The molecule has 0 bridgehead atoms. The van der Waals surface area contributed by atoms with Crippen molar-refractivity contribution in [2.24, 2.45) is 7.05 Å². The van der Waals surface area contributed by atoms with Crippen LogP contribution in [0, 0.1) is 13.8 Å². The Morgan fingerprint density at radius 3 is 2.57 bits per heavy atom. The molecular weight excluding hydrogens is 290 g/mol. The topological polar surface area (TPSA) is 47.4 Å². The van der Waals surface area contributed by atoms with Gasteiger partial charge in [-0.3, -0.25) is 9.48 Å². The first-order valence-corrected chi connectivity index (χ1v) is 8.99. The van der Waals surface area contributed by atoms with Crippen molar-refractivity contribution in [1.82, 2.24) is 14.7 Å². The molecule has 1 saturated carbocycles. The standard InChI is InChI=1S/C18H29N3O2/c1-13-18(14(2)20(3)19-13)16-10-7-11-21(16)17(22)12-23-15-8-5-4-6-9-15/h15-16H,4-12H2,1-3H3. The van der Waals surface area contributed by atoms with Crippen LogP contribution >= 0.6 is 0 Å². The summed E-state index contributed by atoms with van der Waals surface area (Å²) < 4.78 is 7.82. The molecule has 0 radical (unpaired) electrons. The highest BCUT2D eigenvalue weighted by Crippen LogP contribution is 2.35. The summed E-state index contributed by atoms with van der Waals surface area (Å²) in [7, 11) is 1.97. The number of likely N-dealkylation sites (tertiary alicyclic amines) is 1. The van der Waals surface area contributed by atoms with Crippen LogP contribution in [0.15, 0.2) is 0 Å². The van der Waals surface area contributed by atoms with Crippen LogP contribution in [0.2, 0.25) is 0 Å². The molecule has 23 heavy (non-hydrogen) atoms. The molecular formula is C18H29N3O2. The summed E-state index contributed by atoms with van der Waals surface area (Å²) in [6.45, 7) is 5.21. The Bertz CT molecular complexity index is 561. The lowest BCUT2D eigenvalue weighted by atomic mass is 9.98. The number of carbonyl (C=O) groups is 1. The highest BCUT2D eigenvalue weighted by molar-refractivity contribution is 5.78. The van der Waals surface area contributed by atoms with Crippen LogP contribution in [0.4, 0.5) is 0 Å². The number of hydrogen-bond acceptors (Lipinski definition) is 3. The van der Waals surface area contributed by atoms with Crippen LogP contribution in [0.1, 0.15) is 67.9 Å². The second-order valence-electron chi connectivity index (χ2n) is 7.02. The van der Waals surface area contributed by atoms with Gasteiger partial charge in [-0.2, -0.15) is 5.10 Å². The SMILES string of the molecule is Cc1nn(C)c(C)c1C1CCCN1C(=O)COC1CCCCC1. The van der Waals surface area contributed by atoms with Gasteiger partial charge in [-0.05, 0) is 39.5 Å².